The van der Waals surface area contributed by atoms with Crippen LogP contribution < -0.4 is 9.64 Å². The summed E-state index contributed by atoms with van der Waals surface area (Å²) in [5.74, 6) is 2.18. The molecule has 5 rings (SSSR count). The Kier molecular flexibility index (Phi) is 5.54. The molecule has 0 bridgehead atoms. The monoisotopic (exact) mass is 422 g/mol. The molecule has 154 valence electrons. The molecular weight excluding hydrogens is 400 g/mol. The Morgan fingerprint density at radius 3 is 2.80 bits per heavy atom. The van der Waals surface area contributed by atoms with Gasteiger partial charge in [0.25, 0.3) is 0 Å². The van der Waals surface area contributed by atoms with Crippen molar-refractivity contribution in [3.63, 3.8) is 0 Å². The van der Waals surface area contributed by atoms with Gasteiger partial charge in [-0.25, -0.2) is 4.98 Å². The smallest absolute Gasteiger partial charge is 0.220 e. The van der Waals surface area contributed by atoms with Gasteiger partial charge in [0.05, 0.1) is 11.3 Å². The van der Waals surface area contributed by atoms with E-state index < -0.39 is 0 Å². The third-order valence-electron chi connectivity index (χ3n) is 5.21. The van der Waals surface area contributed by atoms with Gasteiger partial charge in [-0.05, 0) is 36.2 Å². The number of fused-ring (bicyclic) bond motifs is 1. The van der Waals surface area contributed by atoms with E-state index in [-0.39, 0.29) is 0 Å². The highest BCUT2D eigenvalue weighted by molar-refractivity contribution is 7.13. The van der Waals surface area contributed by atoms with E-state index in [0.29, 0.717) is 24.0 Å². The van der Waals surface area contributed by atoms with Crippen LogP contribution in [0.5, 0.6) is 5.88 Å². The summed E-state index contributed by atoms with van der Waals surface area (Å²) in [6, 6.07) is 14.0. The van der Waals surface area contributed by atoms with Crippen molar-refractivity contribution >= 4 is 27.4 Å². The summed E-state index contributed by atoms with van der Waals surface area (Å²) in [5.41, 5.74) is 0.645. The molecule has 8 nitrogen and oxygen atoms in total. The van der Waals surface area contributed by atoms with E-state index in [1.54, 1.807) is 11.5 Å². The molecule has 1 aromatic carbocycles. The number of hydrogen-bond donors (Lipinski definition) is 0. The van der Waals surface area contributed by atoms with Crippen LogP contribution in [0.15, 0.2) is 53.4 Å². The molecule has 0 saturated carbocycles. The molecule has 0 radical (unpaired) electrons. The minimum Gasteiger partial charge on any atom is -0.478 e. The summed E-state index contributed by atoms with van der Waals surface area (Å²) < 4.78 is 16.5. The first-order chi connectivity index (χ1) is 14.9. The van der Waals surface area contributed by atoms with E-state index in [1.807, 2.05) is 18.2 Å². The first-order valence-electron chi connectivity index (χ1n) is 10.1. The fraction of sp³-hybridized carbons (Fsp3) is 0.333. The van der Waals surface area contributed by atoms with Crippen LogP contribution in [0.1, 0.15) is 6.42 Å². The van der Waals surface area contributed by atoms with E-state index in [0.717, 1.165) is 45.0 Å². The Morgan fingerprint density at radius 2 is 1.93 bits per heavy atom. The zero-order chi connectivity index (χ0) is 20.2. The molecule has 0 aliphatic carbocycles. The number of pyridine rings is 1. The summed E-state index contributed by atoms with van der Waals surface area (Å²) in [5, 5.41) is 5.07. The van der Waals surface area contributed by atoms with Crippen LogP contribution in [0, 0.1) is 0 Å². The molecule has 4 aromatic rings. The summed E-state index contributed by atoms with van der Waals surface area (Å²) in [4.78, 5) is 13.3. The molecule has 9 heteroatoms. The number of ether oxygens (including phenoxy) is 1. The maximum absolute atomic E-state index is 5.82. The van der Waals surface area contributed by atoms with Crippen molar-refractivity contribution in [1.82, 2.24) is 24.4 Å². The van der Waals surface area contributed by atoms with Crippen LogP contribution in [0.3, 0.4) is 0 Å². The molecule has 1 saturated heterocycles. The molecule has 0 unspecified atom stereocenters. The maximum atomic E-state index is 5.82. The highest BCUT2D eigenvalue weighted by Crippen LogP contribution is 2.29. The van der Waals surface area contributed by atoms with E-state index in [2.05, 4.69) is 53.6 Å². The summed E-state index contributed by atoms with van der Waals surface area (Å²) in [6.45, 7) is 5.72. The lowest BCUT2D eigenvalue weighted by molar-refractivity contribution is 0.222. The van der Waals surface area contributed by atoms with E-state index in [1.165, 1.54) is 16.5 Å². The van der Waals surface area contributed by atoms with E-state index in [9.17, 15) is 0 Å². The number of nitrogens with zero attached hydrogens (tertiary/aromatic N) is 6. The lowest BCUT2D eigenvalue weighted by atomic mass is 10.2. The van der Waals surface area contributed by atoms with Crippen LogP contribution in [0.2, 0.25) is 0 Å². The summed E-state index contributed by atoms with van der Waals surface area (Å²) >= 11 is 1.58. The minimum atomic E-state index is 0.464. The van der Waals surface area contributed by atoms with Gasteiger partial charge in [0.15, 0.2) is 0 Å². The molecule has 30 heavy (non-hydrogen) atoms. The van der Waals surface area contributed by atoms with E-state index in [4.69, 9.17) is 9.26 Å². The van der Waals surface area contributed by atoms with E-state index >= 15 is 0 Å². The number of benzene rings is 1. The lowest BCUT2D eigenvalue weighted by Gasteiger charge is -2.35. The Hall–Kier alpha value is -3.04. The molecule has 1 aliphatic heterocycles. The van der Waals surface area contributed by atoms with Crippen LogP contribution in [0.25, 0.3) is 21.6 Å². The van der Waals surface area contributed by atoms with Gasteiger partial charge in [0, 0.05) is 44.2 Å². The molecule has 0 N–H and O–H groups in total. The van der Waals surface area contributed by atoms with Crippen molar-refractivity contribution in [2.75, 3.05) is 44.2 Å². The van der Waals surface area contributed by atoms with Crippen LogP contribution in [-0.2, 0) is 0 Å². The predicted octanol–water partition coefficient (Wildman–Crippen LogP) is 3.33. The van der Waals surface area contributed by atoms with Gasteiger partial charge in [-0.3, -0.25) is 4.90 Å². The number of aromatic nitrogens is 4. The van der Waals surface area contributed by atoms with Gasteiger partial charge in [0.1, 0.15) is 11.5 Å². The van der Waals surface area contributed by atoms with Gasteiger partial charge in [0.2, 0.25) is 18.1 Å². The average Bonchev–Trinajstić information content (AvgIpc) is 3.48. The van der Waals surface area contributed by atoms with Crippen LogP contribution >= 0.6 is 11.5 Å². The normalized spacial score (nSPS) is 15.0. The standard InChI is InChI=1S/C21H22N6O2S/c1-2-7-18-16(5-1)21(25-30-18)27-12-10-26(11-13-27)9-4-14-28-19-8-3-6-17(23-19)20-22-15-29-24-20/h1-3,5-8,15H,4,9-14H2. The third-order valence-corrected chi connectivity index (χ3v) is 6.03. The fourth-order valence-corrected chi connectivity index (χ4v) is 4.45. The maximum Gasteiger partial charge on any atom is 0.220 e. The molecule has 1 fully saturated rings. The van der Waals surface area contributed by atoms with Crippen molar-refractivity contribution in [3.05, 3.63) is 48.9 Å². The number of anilines is 1. The van der Waals surface area contributed by atoms with Crippen LogP contribution in [-0.4, -0.2) is 63.7 Å². The van der Waals surface area contributed by atoms with Crippen molar-refractivity contribution in [2.24, 2.45) is 0 Å². The second-order valence-corrected chi connectivity index (χ2v) is 7.95. The van der Waals surface area contributed by atoms with Crippen molar-refractivity contribution in [2.45, 2.75) is 6.42 Å². The van der Waals surface area contributed by atoms with Crippen molar-refractivity contribution in [3.8, 4) is 17.4 Å². The average molecular weight is 423 g/mol. The second-order valence-electron chi connectivity index (χ2n) is 7.15. The number of hydrogen-bond acceptors (Lipinski definition) is 9. The zero-order valence-electron chi connectivity index (χ0n) is 16.5. The van der Waals surface area contributed by atoms with Gasteiger partial charge in [-0.1, -0.05) is 23.4 Å². The van der Waals surface area contributed by atoms with Crippen molar-refractivity contribution in [1.29, 1.82) is 0 Å². The zero-order valence-corrected chi connectivity index (χ0v) is 17.3. The quantitative estimate of drug-likeness (QED) is 0.420. The highest BCUT2D eigenvalue weighted by atomic mass is 32.1. The van der Waals surface area contributed by atoms with Crippen LogP contribution in [0.4, 0.5) is 5.82 Å². The Balaban J connectivity index is 1.08. The molecule has 0 amide bonds. The minimum absolute atomic E-state index is 0.464. The van der Waals surface area contributed by atoms with Gasteiger partial charge in [-0.2, -0.15) is 9.36 Å². The summed E-state index contributed by atoms with van der Waals surface area (Å²) in [6.07, 6.45) is 2.24. The molecular formula is C21H22N6O2S. The topological polar surface area (TPSA) is 80.4 Å². The Labute approximate surface area is 178 Å². The number of rotatable bonds is 7. The largest absolute Gasteiger partial charge is 0.478 e. The first-order valence-corrected chi connectivity index (χ1v) is 10.8. The predicted molar refractivity (Wildman–Crippen MR) is 116 cm³/mol. The molecule has 4 heterocycles. The van der Waals surface area contributed by atoms with Gasteiger partial charge in [-0.15, -0.1) is 0 Å². The molecule has 1 aliphatic rings. The first kappa shape index (κ1) is 19.0. The third kappa shape index (κ3) is 4.12. The summed E-state index contributed by atoms with van der Waals surface area (Å²) in [7, 11) is 0. The Bertz CT molecular complexity index is 1090. The molecule has 0 atom stereocenters. The Morgan fingerprint density at radius 1 is 1.03 bits per heavy atom. The number of piperazine rings is 1. The van der Waals surface area contributed by atoms with Gasteiger partial charge < -0.3 is 14.2 Å². The molecule has 3 aromatic heterocycles. The second kappa shape index (κ2) is 8.76. The lowest BCUT2D eigenvalue weighted by Crippen LogP contribution is -2.47. The highest BCUT2D eigenvalue weighted by Gasteiger charge is 2.20. The SMILES string of the molecule is c1cc(OCCCN2CCN(c3nsc4ccccc34)CC2)nc(-c2ncon2)c1. The van der Waals surface area contributed by atoms with Crippen molar-refractivity contribution < 1.29 is 9.26 Å². The molecule has 0 spiro atoms. The van der Waals surface area contributed by atoms with Gasteiger partial charge >= 0.3 is 0 Å². The fourth-order valence-electron chi connectivity index (χ4n) is 3.65.